The molecule has 0 aromatic heterocycles. The number of piperidine rings is 1. The van der Waals surface area contributed by atoms with Gasteiger partial charge >= 0.3 is 0 Å². The summed E-state index contributed by atoms with van der Waals surface area (Å²) >= 11 is 0. The molecule has 0 radical (unpaired) electrons. The van der Waals surface area contributed by atoms with Gasteiger partial charge in [0, 0.05) is 6.54 Å². The number of hydrogen-bond acceptors (Lipinski definition) is 3. The second-order valence-electron chi connectivity index (χ2n) is 2.54. The molecule has 4 heteroatoms. The van der Waals surface area contributed by atoms with E-state index in [1.165, 1.54) is 0 Å². The summed E-state index contributed by atoms with van der Waals surface area (Å²) < 4.78 is 0. The summed E-state index contributed by atoms with van der Waals surface area (Å²) in [7, 11) is 0. The van der Waals surface area contributed by atoms with Crippen molar-refractivity contribution in [2.45, 2.75) is 12.8 Å². The van der Waals surface area contributed by atoms with Gasteiger partial charge in [0.2, 0.25) is 5.91 Å². The monoisotopic (exact) mass is 154 g/mol. The van der Waals surface area contributed by atoms with E-state index in [0.29, 0.717) is 12.1 Å². The molecule has 1 heterocycles. The number of rotatable bonds is 1. The molecule has 3 N–H and O–H groups in total. The third kappa shape index (κ3) is 1.59. The van der Waals surface area contributed by atoms with Gasteiger partial charge in [0.25, 0.3) is 0 Å². The summed E-state index contributed by atoms with van der Waals surface area (Å²) in [6, 6.07) is 0. The van der Waals surface area contributed by atoms with Gasteiger partial charge in [0.1, 0.15) is 11.6 Å². The van der Waals surface area contributed by atoms with Gasteiger partial charge in [-0.3, -0.25) is 4.79 Å². The maximum Gasteiger partial charge on any atom is 0.227 e. The van der Waals surface area contributed by atoms with Crippen LogP contribution in [0.3, 0.4) is 0 Å². The van der Waals surface area contributed by atoms with Crippen molar-refractivity contribution < 1.29 is 9.59 Å². The fraction of sp³-hybridized carbons (Fsp3) is 0.571. The van der Waals surface area contributed by atoms with Crippen molar-refractivity contribution >= 4 is 11.8 Å². The fourth-order valence-electron chi connectivity index (χ4n) is 1.19. The molecule has 1 aliphatic heterocycles. The molecule has 0 bridgehead atoms. The lowest BCUT2D eigenvalue weighted by molar-refractivity contribution is -0.121. The van der Waals surface area contributed by atoms with E-state index in [4.69, 9.17) is 5.73 Å². The van der Waals surface area contributed by atoms with Gasteiger partial charge < -0.3 is 11.1 Å². The fourth-order valence-corrected chi connectivity index (χ4v) is 1.19. The van der Waals surface area contributed by atoms with E-state index >= 15 is 0 Å². The Morgan fingerprint density at radius 1 is 1.73 bits per heavy atom. The Morgan fingerprint density at radius 2 is 2.45 bits per heavy atom. The number of primary amides is 1. The van der Waals surface area contributed by atoms with Crippen LogP contribution in [-0.2, 0) is 9.59 Å². The number of amides is 1. The highest BCUT2D eigenvalue weighted by Crippen LogP contribution is 2.16. The van der Waals surface area contributed by atoms with E-state index in [1.807, 2.05) is 0 Å². The van der Waals surface area contributed by atoms with Crippen LogP contribution in [0.2, 0.25) is 0 Å². The summed E-state index contributed by atoms with van der Waals surface area (Å²) in [5.41, 5.74) is 5.36. The van der Waals surface area contributed by atoms with E-state index < -0.39 is 11.8 Å². The van der Waals surface area contributed by atoms with Crippen molar-refractivity contribution in [1.82, 2.24) is 5.32 Å². The predicted molar refractivity (Wildman–Crippen MR) is 39.1 cm³/mol. The number of nitrogens with one attached hydrogen (secondary N) is 1. The second kappa shape index (κ2) is 3.21. The maximum atomic E-state index is 10.7. The minimum atomic E-state index is -0.449. The molecule has 0 aromatic carbocycles. The zero-order chi connectivity index (χ0) is 8.27. The standard InChI is InChI=1S/C7H10N2O2/c8-7(11)5-2-1-3-9-6(5)4-10/h5,9H,1-3H2,(H2,8,11). The molecule has 1 atom stereocenters. The Hall–Kier alpha value is -1.28. The van der Waals surface area contributed by atoms with E-state index in [1.54, 1.807) is 5.94 Å². The molecule has 1 amide bonds. The zero-order valence-electron chi connectivity index (χ0n) is 6.09. The molecule has 1 unspecified atom stereocenters. The molecule has 1 rings (SSSR count). The molecule has 11 heavy (non-hydrogen) atoms. The Balaban J connectivity index is 2.75. The molecule has 0 saturated carbocycles. The van der Waals surface area contributed by atoms with Crippen LogP contribution in [0, 0.1) is 5.92 Å². The van der Waals surface area contributed by atoms with Crippen molar-refractivity contribution in [3.63, 3.8) is 0 Å². The lowest BCUT2D eigenvalue weighted by Gasteiger charge is -2.20. The average molecular weight is 154 g/mol. The van der Waals surface area contributed by atoms with Crippen molar-refractivity contribution in [3.05, 3.63) is 5.70 Å². The lowest BCUT2D eigenvalue weighted by atomic mass is 9.96. The van der Waals surface area contributed by atoms with E-state index in [0.717, 1.165) is 13.0 Å². The molecule has 1 saturated heterocycles. The van der Waals surface area contributed by atoms with Crippen LogP contribution in [0.4, 0.5) is 0 Å². The van der Waals surface area contributed by atoms with Crippen molar-refractivity contribution in [2.24, 2.45) is 11.7 Å². The SMILES string of the molecule is NC(=O)C1CCCNC1=C=O. The topological polar surface area (TPSA) is 72.2 Å². The van der Waals surface area contributed by atoms with E-state index in [9.17, 15) is 9.59 Å². The lowest BCUT2D eigenvalue weighted by Crippen LogP contribution is -2.36. The molecule has 4 nitrogen and oxygen atoms in total. The second-order valence-corrected chi connectivity index (χ2v) is 2.54. The average Bonchev–Trinajstić information content (AvgIpc) is 2.04. The molecule has 0 aromatic rings. The Bertz CT molecular complexity index is 218. The first kappa shape index (κ1) is 7.82. The van der Waals surface area contributed by atoms with Crippen molar-refractivity contribution in [1.29, 1.82) is 0 Å². The Kier molecular flexibility index (Phi) is 2.28. The molecular weight excluding hydrogens is 144 g/mol. The van der Waals surface area contributed by atoms with Gasteiger partial charge in [0.15, 0.2) is 0 Å². The van der Waals surface area contributed by atoms with Gasteiger partial charge in [-0.05, 0) is 12.8 Å². The molecule has 1 fully saturated rings. The van der Waals surface area contributed by atoms with Crippen molar-refractivity contribution in [2.75, 3.05) is 6.54 Å². The van der Waals surface area contributed by atoms with Crippen LogP contribution >= 0.6 is 0 Å². The Labute approximate surface area is 64.4 Å². The summed E-state index contributed by atoms with van der Waals surface area (Å²) in [5.74, 6) is 0.798. The first-order valence-corrected chi connectivity index (χ1v) is 3.54. The quantitative estimate of drug-likeness (QED) is 0.485. The molecule has 60 valence electrons. The highest BCUT2D eigenvalue weighted by Gasteiger charge is 2.24. The summed E-state index contributed by atoms with van der Waals surface area (Å²) in [4.78, 5) is 20.9. The largest absolute Gasteiger partial charge is 0.379 e. The van der Waals surface area contributed by atoms with E-state index in [-0.39, 0.29) is 0 Å². The first-order valence-electron chi connectivity index (χ1n) is 3.54. The van der Waals surface area contributed by atoms with Gasteiger partial charge in [0.05, 0.1) is 5.92 Å². The summed E-state index contributed by atoms with van der Waals surface area (Å²) in [6.45, 7) is 0.731. The molecule has 0 spiro atoms. The number of nitrogens with two attached hydrogens (primary N) is 1. The smallest absolute Gasteiger partial charge is 0.227 e. The third-order valence-corrected chi connectivity index (χ3v) is 1.79. The van der Waals surface area contributed by atoms with Gasteiger partial charge in [-0.2, -0.15) is 0 Å². The van der Waals surface area contributed by atoms with E-state index in [2.05, 4.69) is 5.32 Å². The van der Waals surface area contributed by atoms with Crippen molar-refractivity contribution in [3.8, 4) is 0 Å². The highest BCUT2D eigenvalue weighted by molar-refractivity contribution is 5.82. The number of carbonyl (C=O) groups excluding carboxylic acids is 2. The van der Waals surface area contributed by atoms with Crippen LogP contribution < -0.4 is 11.1 Å². The van der Waals surface area contributed by atoms with Gasteiger partial charge in [-0.25, -0.2) is 4.79 Å². The van der Waals surface area contributed by atoms with Gasteiger partial charge in [-0.15, -0.1) is 0 Å². The summed E-state index contributed by atoms with van der Waals surface area (Å²) in [6.07, 6.45) is 1.53. The minimum absolute atomic E-state index is 0.309. The van der Waals surface area contributed by atoms with Crippen LogP contribution in [0.15, 0.2) is 5.70 Å². The minimum Gasteiger partial charge on any atom is -0.379 e. The van der Waals surface area contributed by atoms with Crippen LogP contribution in [-0.4, -0.2) is 18.4 Å². The van der Waals surface area contributed by atoms with Crippen LogP contribution in [0.5, 0.6) is 0 Å². The predicted octanol–water partition coefficient (Wildman–Crippen LogP) is -0.813. The Morgan fingerprint density at radius 3 is 2.91 bits per heavy atom. The zero-order valence-corrected chi connectivity index (χ0v) is 6.09. The number of carbonyl (C=O) groups is 1. The maximum absolute atomic E-state index is 10.7. The highest BCUT2D eigenvalue weighted by atomic mass is 16.1. The molecule has 0 aliphatic carbocycles. The molecular formula is C7H10N2O2. The summed E-state index contributed by atoms with van der Waals surface area (Å²) in [5, 5.41) is 2.79. The third-order valence-electron chi connectivity index (χ3n) is 1.79. The number of hydrogen-bond donors (Lipinski definition) is 2. The van der Waals surface area contributed by atoms with Crippen LogP contribution in [0.25, 0.3) is 0 Å². The van der Waals surface area contributed by atoms with Crippen LogP contribution in [0.1, 0.15) is 12.8 Å². The first-order chi connectivity index (χ1) is 5.25. The normalized spacial score (nSPS) is 23.6. The van der Waals surface area contributed by atoms with Gasteiger partial charge in [-0.1, -0.05) is 0 Å². The molecule has 1 aliphatic rings.